The van der Waals surface area contributed by atoms with Gasteiger partial charge in [0.25, 0.3) is 0 Å². The molecular formula is C11H20O10. The molecule has 2 fully saturated rings. The molecule has 0 unspecified atom stereocenters. The number of rotatable bonds is 3. The van der Waals surface area contributed by atoms with Crippen LogP contribution in [0.25, 0.3) is 0 Å². The zero-order valence-electron chi connectivity index (χ0n) is 11.0. The summed E-state index contributed by atoms with van der Waals surface area (Å²) >= 11 is 0. The van der Waals surface area contributed by atoms with E-state index < -0.39 is 61.9 Å². The lowest BCUT2D eigenvalue weighted by atomic mass is 9.98. The van der Waals surface area contributed by atoms with E-state index in [-0.39, 0.29) is 6.61 Å². The Labute approximate surface area is 119 Å². The third-order valence-electron chi connectivity index (χ3n) is 3.59. The van der Waals surface area contributed by atoms with Gasteiger partial charge in [-0.15, -0.1) is 0 Å². The van der Waals surface area contributed by atoms with E-state index in [9.17, 15) is 30.6 Å². The minimum absolute atomic E-state index is 0.305. The Hall–Kier alpha value is -0.400. The van der Waals surface area contributed by atoms with E-state index in [0.29, 0.717) is 0 Å². The summed E-state index contributed by atoms with van der Waals surface area (Å²) in [4.78, 5) is 0. The van der Waals surface area contributed by atoms with Crippen molar-refractivity contribution >= 4 is 0 Å². The highest BCUT2D eigenvalue weighted by Gasteiger charge is 2.48. The Morgan fingerprint density at radius 3 is 2.19 bits per heavy atom. The van der Waals surface area contributed by atoms with Gasteiger partial charge < -0.3 is 50.0 Å². The number of hydrogen-bond donors (Lipinski definition) is 7. The molecule has 0 saturated carbocycles. The second kappa shape index (κ2) is 6.79. The van der Waals surface area contributed by atoms with Crippen molar-refractivity contribution in [1.82, 2.24) is 0 Å². The predicted octanol–water partition coefficient (Wildman–Crippen LogP) is -4.76. The lowest BCUT2D eigenvalue weighted by Gasteiger charge is -2.43. The van der Waals surface area contributed by atoms with Crippen molar-refractivity contribution in [3.63, 3.8) is 0 Å². The number of hydrogen-bond acceptors (Lipinski definition) is 10. The molecule has 9 atom stereocenters. The van der Waals surface area contributed by atoms with Gasteiger partial charge in [-0.25, -0.2) is 0 Å². The van der Waals surface area contributed by atoms with Crippen LogP contribution in [0.15, 0.2) is 0 Å². The SMILES string of the molecule is OC[C@H]1O[C@@H](O[C@@H]2[C@@H](O)[C@H](O)OC[C@@H]2O)[C@H](O)[C@@H](O)[C@@H]1O. The first-order chi connectivity index (χ1) is 9.86. The van der Waals surface area contributed by atoms with E-state index in [1.54, 1.807) is 0 Å². The largest absolute Gasteiger partial charge is 0.394 e. The molecule has 0 amide bonds. The topological polar surface area (TPSA) is 169 Å². The Kier molecular flexibility index (Phi) is 5.48. The highest BCUT2D eigenvalue weighted by Crippen LogP contribution is 2.26. The van der Waals surface area contributed by atoms with Crippen LogP contribution in [0.3, 0.4) is 0 Å². The molecule has 0 aromatic heterocycles. The van der Waals surface area contributed by atoms with E-state index in [0.717, 1.165) is 0 Å². The molecule has 0 aromatic rings. The van der Waals surface area contributed by atoms with Crippen LogP contribution in [0.4, 0.5) is 0 Å². The second-order valence-electron chi connectivity index (χ2n) is 5.08. The van der Waals surface area contributed by atoms with E-state index >= 15 is 0 Å². The van der Waals surface area contributed by atoms with E-state index in [4.69, 9.17) is 14.6 Å². The molecule has 124 valence electrons. The molecule has 2 rings (SSSR count). The highest BCUT2D eigenvalue weighted by molar-refractivity contribution is 4.91. The molecule has 0 radical (unpaired) electrons. The monoisotopic (exact) mass is 312 g/mol. The average Bonchev–Trinajstić information content (AvgIpc) is 2.47. The van der Waals surface area contributed by atoms with Crippen LogP contribution < -0.4 is 0 Å². The van der Waals surface area contributed by atoms with E-state index in [1.807, 2.05) is 0 Å². The van der Waals surface area contributed by atoms with Crippen molar-refractivity contribution in [3.05, 3.63) is 0 Å². The number of aliphatic hydroxyl groups is 7. The highest BCUT2D eigenvalue weighted by atomic mass is 16.7. The average molecular weight is 312 g/mol. The number of aliphatic hydroxyl groups excluding tert-OH is 7. The molecule has 7 N–H and O–H groups in total. The molecule has 21 heavy (non-hydrogen) atoms. The quantitative estimate of drug-likeness (QED) is 0.268. The van der Waals surface area contributed by atoms with Crippen LogP contribution in [0.2, 0.25) is 0 Å². The summed E-state index contributed by atoms with van der Waals surface area (Å²) in [7, 11) is 0. The third-order valence-corrected chi connectivity index (χ3v) is 3.59. The summed E-state index contributed by atoms with van der Waals surface area (Å²) in [6, 6.07) is 0. The Morgan fingerprint density at radius 2 is 1.57 bits per heavy atom. The maximum Gasteiger partial charge on any atom is 0.187 e. The van der Waals surface area contributed by atoms with Crippen molar-refractivity contribution < 1.29 is 50.0 Å². The van der Waals surface area contributed by atoms with Crippen molar-refractivity contribution in [2.24, 2.45) is 0 Å². The minimum atomic E-state index is -1.66. The van der Waals surface area contributed by atoms with Gasteiger partial charge in [-0.05, 0) is 0 Å². The smallest absolute Gasteiger partial charge is 0.187 e. The molecule has 2 heterocycles. The molecule has 2 aliphatic rings. The fraction of sp³-hybridized carbons (Fsp3) is 1.00. The van der Waals surface area contributed by atoms with Gasteiger partial charge in [-0.2, -0.15) is 0 Å². The van der Waals surface area contributed by atoms with Crippen LogP contribution in [-0.4, -0.2) is 104 Å². The van der Waals surface area contributed by atoms with Gasteiger partial charge in [0.2, 0.25) is 0 Å². The van der Waals surface area contributed by atoms with Crippen molar-refractivity contribution in [2.75, 3.05) is 13.2 Å². The van der Waals surface area contributed by atoms with Gasteiger partial charge in [-0.1, -0.05) is 0 Å². The first kappa shape index (κ1) is 17.0. The van der Waals surface area contributed by atoms with Crippen LogP contribution >= 0.6 is 0 Å². The summed E-state index contributed by atoms with van der Waals surface area (Å²) < 4.78 is 15.0. The fourth-order valence-electron chi connectivity index (χ4n) is 2.29. The normalized spacial score (nSPS) is 51.9. The summed E-state index contributed by atoms with van der Waals surface area (Å²) in [5.74, 6) is 0. The van der Waals surface area contributed by atoms with Crippen molar-refractivity contribution in [2.45, 2.75) is 55.3 Å². The molecule has 0 spiro atoms. The Balaban J connectivity index is 2.06. The van der Waals surface area contributed by atoms with Crippen LogP contribution in [0.1, 0.15) is 0 Å². The van der Waals surface area contributed by atoms with Gasteiger partial charge in [0, 0.05) is 0 Å². The fourth-order valence-corrected chi connectivity index (χ4v) is 2.29. The minimum Gasteiger partial charge on any atom is -0.394 e. The van der Waals surface area contributed by atoms with E-state index in [2.05, 4.69) is 4.74 Å². The van der Waals surface area contributed by atoms with Gasteiger partial charge in [0.15, 0.2) is 12.6 Å². The summed E-state index contributed by atoms with van der Waals surface area (Å²) in [5.41, 5.74) is 0. The molecule has 0 aliphatic carbocycles. The van der Waals surface area contributed by atoms with Gasteiger partial charge in [-0.3, -0.25) is 0 Å². The van der Waals surface area contributed by atoms with Gasteiger partial charge in [0.05, 0.1) is 13.2 Å². The van der Waals surface area contributed by atoms with Crippen LogP contribution in [-0.2, 0) is 14.2 Å². The summed E-state index contributed by atoms with van der Waals surface area (Å²) in [5, 5.41) is 66.8. The van der Waals surface area contributed by atoms with E-state index in [1.165, 1.54) is 0 Å². The van der Waals surface area contributed by atoms with Gasteiger partial charge in [0.1, 0.15) is 42.7 Å². The van der Waals surface area contributed by atoms with Crippen LogP contribution in [0, 0.1) is 0 Å². The predicted molar refractivity (Wildman–Crippen MR) is 62.6 cm³/mol. The first-order valence-corrected chi connectivity index (χ1v) is 6.48. The third kappa shape index (κ3) is 3.35. The molecule has 2 aliphatic heterocycles. The summed E-state index contributed by atoms with van der Waals surface area (Å²) in [6.45, 7) is -0.938. The zero-order valence-corrected chi connectivity index (χ0v) is 11.0. The second-order valence-corrected chi connectivity index (χ2v) is 5.08. The molecule has 0 aromatic carbocycles. The maximum atomic E-state index is 9.79. The Morgan fingerprint density at radius 1 is 0.905 bits per heavy atom. The standard InChI is InChI=1S/C11H20O10/c12-1-4-5(14)6(15)7(16)11(20-4)21-9-3(13)2-19-10(18)8(9)17/h3-18H,1-2H2/t3-,4+,5+,6-,7+,8+,9-,10+,11-/m0/s1. The zero-order chi connectivity index (χ0) is 15.7. The lowest BCUT2D eigenvalue weighted by Crippen LogP contribution is -2.62. The first-order valence-electron chi connectivity index (χ1n) is 6.48. The molecule has 2 saturated heterocycles. The van der Waals surface area contributed by atoms with Crippen molar-refractivity contribution in [1.29, 1.82) is 0 Å². The number of ether oxygens (including phenoxy) is 3. The van der Waals surface area contributed by atoms with Crippen molar-refractivity contribution in [3.8, 4) is 0 Å². The molecule has 10 nitrogen and oxygen atoms in total. The summed E-state index contributed by atoms with van der Waals surface area (Å²) in [6.07, 6.45) is -13.3. The lowest BCUT2D eigenvalue weighted by molar-refractivity contribution is -0.345. The molecular weight excluding hydrogens is 292 g/mol. The molecule has 10 heteroatoms. The molecule has 0 bridgehead atoms. The van der Waals surface area contributed by atoms with Gasteiger partial charge >= 0.3 is 0 Å². The Bertz CT molecular complexity index is 339. The van der Waals surface area contributed by atoms with Crippen LogP contribution in [0.5, 0.6) is 0 Å². The maximum absolute atomic E-state index is 9.79.